The summed E-state index contributed by atoms with van der Waals surface area (Å²) in [7, 11) is 1.58. The van der Waals surface area contributed by atoms with Crippen molar-refractivity contribution in [3.05, 3.63) is 48.5 Å². The lowest BCUT2D eigenvalue weighted by Crippen LogP contribution is -2.21. The Bertz CT molecular complexity index is 655. The van der Waals surface area contributed by atoms with Gasteiger partial charge in [-0.2, -0.15) is 0 Å². The molecule has 0 aliphatic carbocycles. The van der Waals surface area contributed by atoms with Crippen molar-refractivity contribution in [2.75, 3.05) is 19.0 Å². The van der Waals surface area contributed by atoms with Crippen LogP contribution in [0.4, 0.5) is 5.69 Å². The predicted molar refractivity (Wildman–Crippen MR) is 89.3 cm³/mol. The summed E-state index contributed by atoms with van der Waals surface area (Å²) in [6.07, 6.45) is 0.0288. The number of amides is 1. The van der Waals surface area contributed by atoms with Crippen LogP contribution >= 0.6 is 0 Å². The molecule has 0 saturated carbocycles. The van der Waals surface area contributed by atoms with Gasteiger partial charge in [0.05, 0.1) is 18.9 Å². The van der Waals surface area contributed by atoms with E-state index in [2.05, 4.69) is 5.32 Å². The van der Waals surface area contributed by atoms with Crippen LogP contribution in [0.15, 0.2) is 48.5 Å². The Morgan fingerprint density at radius 2 is 1.83 bits per heavy atom. The second-order valence-corrected chi connectivity index (χ2v) is 5.18. The zero-order valence-corrected chi connectivity index (χ0v) is 13.5. The van der Waals surface area contributed by atoms with Crippen LogP contribution in [0.25, 0.3) is 0 Å². The molecule has 0 unspecified atom stereocenters. The third-order valence-corrected chi connectivity index (χ3v) is 2.93. The van der Waals surface area contributed by atoms with Crippen LogP contribution < -0.4 is 19.5 Å². The molecule has 5 heteroatoms. The first-order valence-corrected chi connectivity index (χ1v) is 7.41. The fourth-order valence-corrected chi connectivity index (χ4v) is 1.95. The lowest BCUT2D eigenvalue weighted by molar-refractivity contribution is -0.118. The molecule has 1 N–H and O–H groups in total. The molecule has 23 heavy (non-hydrogen) atoms. The Morgan fingerprint density at radius 3 is 2.57 bits per heavy atom. The van der Waals surface area contributed by atoms with Gasteiger partial charge in [-0.15, -0.1) is 0 Å². The summed E-state index contributed by atoms with van der Waals surface area (Å²) < 4.78 is 16.3. The molecular weight excluding hydrogens is 294 g/mol. The van der Waals surface area contributed by atoms with Crippen molar-refractivity contribution in [3.63, 3.8) is 0 Å². The Labute approximate surface area is 136 Å². The number of hydrogen-bond acceptors (Lipinski definition) is 4. The molecule has 0 fully saturated rings. The summed E-state index contributed by atoms with van der Waals surface area (Å²) in [5.41, 5.74) is 0.625. The highest BCUT2D eigenvalue weighted by Crippen LogP contribution is 2.25. The minimum absolute atomic E-state index is 0.0288. The van der Waals surface area contributed by atoms with Gasteiger partial charge in [0, 0.05) is 6.07 Å². The molecule has 0 spiro atoms. The highest BCUT2D eigenvalue weighted by Gasteiger charge is 2.09. The number of carbonyl (C=O) groups excluding carboxylic acids is 1. The average Bonchev–Trinajstić information content (AvgIpc) is 2.54. The van der Waals surface area contributed by atoms with Gasteiger partial charge < -0.3 is 19.5 Å². The van der Waals surface area contributed by atoms with E-state index in [1.165, 1.54) is 0 Å². The van der Waals surface area contributed by atoms with Gasteiger partial charge in [0.25, 0.3) is 5.91 Å². The van der Waals surface area contributed by atoms with Gasteiger partial charge in [0.15, 0.2) is 6.61 Å². The maximum absolute atomic E-state index is 12.1. The van der Waals surface area contributed by atoms with E-state index in [0.717, 1.165) is 0 Å². The fraction of sp³-hybridized carbons (Fsp3) is 0.278. The third kappa shape index (κ3) is 5.21. The first-order valence-electron chi connectivity index (χ1n) is 7.41. The lowest BCUT2D eigenvalue weighted by Gasteiger charge is -2.15. The van der Waals surface area contributed by atoms with Crippen molar-refractivity contribution < 1.29 is 19.0 Å². The van der Waals surface area contributed by atoms with Crippen molar-refractivity contribution in [2.45, 2.75) is 20.0 Å². The van der Waals surface area contributed by atoms with E-state index in [4.69, 9.17) is 14.2 Å². The molecule has 2 aromatic rings. The summed E-state index contributed by atoms with van der Waals surface area (Å²) in [6, 6.07) is 14.4. The SMILES string of the molecule is COc1cccc(OCC(=O)Nc2ccccc2OC(C)C)c1. The predicted octanol–water partition coefficient (Wildman–Crippen LogP) is 3.50. The minimum atomic E-state index is -0.257. The maximum atomic E-state index is 12.1. The van der Waals surface area contributed by atoms with Crippen LogP contribution in [0.5, 0.6) is 17.2 Å². The van der Waals surface area contributed by atoms with E-state index in [1.54, 1.807) is 31.4 Å². The Morgan fingerprint density at radius 1 is 1.09 bits per heavy atom. The van der Waals surface area contributed by atoms with E-state index in [-0.39, 0.29) is 18.6 Å². The zero-order valence-electron chi connectivity index (χ0n) is 13.5. The molecule has 0 aromatic heterocycles. The molecule has 0 heterocycles. The van der Waals surface area contributed by atoms with Crippen molar-refractivity contribution in [1.82, 2.24) is 0 Å². The Kier molecular flexibility index (Phi) is 5.86. The molecule has 0 aliphatic heterocycles. The van der Waals surface area contributed by atoms with Crippen LogP contribution in [0.3, 0.4) is 0 Å². The van der Waals surface area contributed by atoms with Gasteiger partial charge in [-0.3, -0.25) is 4.79 Å². The second kappa shape index (κ2) is 8.08. The number of hydrogen-bond donors (Lipinski definition) is 1. The second-order valence-electron chi connectivity index (χ2n) is 5.18. The van der Waals surface area contributed by atoms with Gasteiger partial charge in [-0.1, -0.05) is 18.2 Å². The fourth-order valence-electron chi connectivity index (χ4n) is 1.95. The van der Waals surface area contributed by atoms with Gasteiger partial charge in [0.2, 0.25) is 0 Å². The molecular formula is C18H21NO4. The first kappa shape index (κ1) is 16.7. The maximum Gasteiger partial charge on any atom is 0.262 e. The molecule has 0 aliphatic rings. The summed E-state index contributed by atoms with van der Waals surface area (Å²) in [6.45, 7) is 3.78. The quantitative estimate of drug-likeness (QED) is 0.849. The molecule has 2 aromatic carbocycles. The molecule has 2 rings (SSSR count). The first-order chi connectivity index (χ1) is 11.1. The zero-order chi connectivity index (χ0) is 16.7. The monoisotopic (exact) mass is 315 g/mol. The van der Waals surface area contributed by atoms with Crippen molar-refractivity contribution in [3.8, 4) is 17.2 Å². The van der Waals surface area contributed by atoms with Gasteiger partial charge in [-0.05, 0) is 38.1 Å². The van der Waals surface area contributed by atoms with E-state index in [1.807, 2.05) is 38.1 Å². The van der Waals surface area contributed by atoms with E-state index in [0.29, 0.717) is 22.9 Å². The Hall–Kier alpha value is -2.69. The summed E-state index contributed by atoms with van der Waals surface area (Å²) in [5, 5.41) is 2.79. The summed E-state index contributed by atoms with van der Waals surface area (Å²) in [4.78, 5) is 12.1. The van der Waals surface area contributed by atoms with Crippen LogP contribution in [-0.2, 0) is 4.79 Å². The number of nitrogens with one attached hydrogen (secondary N) is 1. The highest BCUT2D eigenvalue weighted by molar-refractivity contribution is 5.93. The molecule has 0 saturated heterocycles. The van der Waals surface area contributed by atoms with Crippen LogP contribution in [-0.4, -0.2) is 25.7 Å². The highest BCUT2D eigenvalue weighted by atomic mass is 16.5. The molecule has 5 nitrogen and oxygen atoms in total. The van der Waals surface area contributed by atoms with Gasteiger partial charge in [0.1, 0.15) is 17.2 Å². The molecule has 1 amide bonds. The number of para-hydroxylation sites is 2. The summed E-state index contributed by atoms with van der Waals surface area (Å²) >= 11 is 0. The molecule has 0 atom stereocenters. The number of anilines is 1. The number of ether oxygens (including phenoxy) is 3. The van der Waals surface area contributed by atoms with Gasteiger partial charge >= 0.3 is 0 Å². The largest absolute Gasteiger partial charge is 0.497 e. The van der Waals surface area contributed by atoms with Gasteiger partial charge in [-0.25, -0.2) is 0 Å². The number of benzene rings is 2. The van der Waals surface area contributed by atoms with Crippen LogP contribution in [0.1, 0.15) is 13.8 Å². The lowest BCUT2D eigenvalue weighted by atomic mass is 10.3. The smallest absolute Gasteiger partial charge is 0.262 e. The van der Waals surface area contributed by atoms with Crippen LogP contribution in [0, 0.1) is 0 Å². The van der Waals surface area contributed by atoms with Crippen molar-refractivity contribution in [2.24, 2.45) is 0 Å². The average molecular weight is 315 g/mol. The molecule has 122 valence electrons. The number of rotatable bonds is 7. The third-order valence-electron chi connectivity index (χ3n) is 2.93. The number of methoxy groups -OCH3 is 1. The Balaban J connectivity index is 1.94. The van der Waals surface area contributed by atoms with Crippen molar-refractivity contribution >= 4 is 11.6 Å². The van der Waals surface area contributed by atoms with E-state index < -0.39 is 0 Å². The van der Waals surface area contributed by atoms with E-state index in [9.17, 15) is 4.79 Å². The van der Waals surface area contributed by atoms with Crippen molar-refractivity contribution in [1.29, 1.82) is 0 Å². The van der Waals surface area contributed by atoms with Crippen LogP contribution in [0.2, 0.25) is 0 Å². The molecule has 0 radical (unpaired) electrons. The summed E-state index contributed by atoms with van der Waals surface area (Å²) in [5.74, 6) is 1.63. The standard InChI is InChI=1S/C18H21NO4/c1-13(2)23-17-10-5-4-9-16(17)19-18(20)12-22-15-8-6-7-14(11-15)21-3/h4-11,13H,12H2,1-3H3,(H,19,20). The minimum Gasteiger partial charge on any atom is -0.497 e. The normalized spacial score (nSPS) is 10.3. The number of carbonyl (C=O) groups is 1. The topological polar surface area (TPSA) is 56.8 Å². The molecule has 0 bridgehead atoms. The van der Waals surface area contributed by atoms with E-state index >= 15 is 0 Å².